The number of fused-ring (bicyclic) bond motifs is 1. The number of amides is 1. The Kier molecular flexibility index (Phi) is 10.3. The van der Waals surface area contributed by atoms with Crippen LogP contribution in [0.2, 0.25) is 0 Å². The Bertz CT molecular complexity index is 902. The monoisotopic (exact) mass is 542 g/mol. The maximum Gasteiger partial charge on any atom is 0.490 e. The molecule has 1 saturated carbocycles. The number of hydrogen-bond donors (Lipinski definition) is 3. The first-order chi connectivity index (χ1) is 17.1. The molecule has 15 heteroatoms. The highest BCUT2D eigenvalue weighted by atomic mass is 19.4. The van der Waals surface area contributed by atoms with Gasteiger partial charge >= 0.3 is 24.3 Å². The lowest BCUT2D eigenvalue weighted by atomic mass is 10.0. The molecule has 0 unspecified atom stereocenters. The number of likely N-dealkylation sites (tertiary alicyclic amines) is 2. The van der Waals surface area contributed by atoms with E-state index in [0.717, 1.165) is 44.2 Å². The lowest BCUT2D eigenvalue weighted by Gasteiger charge is -2.26. The van der Waals surface area contributed by atoms with Gasteiger partial charge in [-0.3, -0.25) is 19.6 Å². The van der Waals surface area contributed by atoms with Gasteiger partial charge in [-0.15, -0.1) is 0 Å². The van der Waals surface area contributed by atoms with Gasteiger partial charge in [0.25, 0.3) is 0 Å². The number of rotatable bonds is 5. The van der Waals surface area contributed by atoms with Crippen LogP contribution >= 0.6 is 0 Å². The Hall–Kier alpha value is -2.94. The van der Waals surface area contributed by atoms with Gasteiger partial charge < -0.3 is 15.5 Å². The summed E-state index contributed by atoms with van der Waals surface area (Å²) in [6.45, 7) is 3.92. The number of carboxylic acid groups (broad SMARTS) is 2. The van der Waals surface area contributed by atoms with Crippen LogP contribution in [-0.4, -0.2) is 94.0 Å². The van der Waals surface area contributed by atoms with Crippen molar-refractivity contribution in [1.82, 2.24) is 20.1 Å². The molecule has 0 radical (unpaired) electrons. The van der Waals surface area contributed by atoms with Crippen molar-refractivity contribution in [2.45, 2.75) is 50.2 Å². The number of aliphatic carboxylic acids is 2. The van der Waals surface area contributed by atoms with Crippen LogP contribution in [0.1, 0.15) is 25.0 Å². The summed E-state index contributed by atoms with van der Waals surface area (Å²) in [4.78, 5) is 39.4. The second-order valence-electron chi connectivity index (χ2n) is 9.05. The average molecular weight is 542 g/mol. The average Bonchev–Trinajstić information content (AvgIpc) is 3.47. The zero-order valence-corrected chi connectivity index (χ0v) is 19.8. The molecule has 2 saturated heterocycles. The van der Waals surface area contributed by atoms with E-state index in [9.17, 15) is 31.1 Å². The van der Waals surface area contributed by atoms with Gasteiger partial charge in [-0.25, -0.2) is 9.59 Å². The lowest BCUT2D eigenvalue weighted by Crippen LogP contribution is -2.46. The topological polar surface area (TPSA) is 123 Å². The van der Waals surface area contributed by atoms with Crippen molar-refractivity contribution in [1.29, 1.82) is 0 Å². The number of halogens is 6. The molecule has 1 amide bonds. The molecule has 3 heterocycles. The molecule has 0 aromatic carbocycles. The van der Waals surface area contributed by atoms with E-state index in [1.165, 1.54) is 12.8 Å². The first kappa shape index (κ1) is 30.3. The van der Waals surface area contributed by atoms with Crippen molar-refractivity contribution in [2.75, 3.05) is 26.7 Å². The molecule has 3 atom stereocenters. The highest BCUT2D eigenvalue weighted by Gasteiger charge is 2.47. The van der Waals surface area contributed by atoms with Crippen LogP contribution in [0.15, 0.2) is 24.4 Å². The van der Waals surface area contributed by atoms with Crippen molar-refractivity contribution >= 4 is 17.8 Å². The number of carbonyl (C=O) groups excluding carboxylic acids is 1. The number of pyridine rings is 1. The molecular formula is C22H28F6N4O5. The molecule has 2 aliphatic heterocycles. The number of nitrogens with one attached hydrogen (secondary N) is 1. The molecule has 3 N–H and O–H groups in total. The van der Waals surface area contributed by atoms with Crippen molar-refractivity contribution in [2.24, 2.45) is 11.8 Å². The maximum atomic E-state index is 12.4. The van der Waals surface area contributed by atoms with Gasteiger partial charge in [-0.05, 0) is 50.3 Å². The lowest BCUT2D eigenvalue weighted by molar-refractivity contribution is -0.193. The molecule has 3 aliphatic rings. The molecule has 3 fully saturated rings. The number of aromatic nitrogens is 1. The molecular weight excluding hydrogens is 514 g/mol. The second-order valence-corrected chi connectivity index (χ2v) is 9.05. The quantitative estimate of drug-likeness (QED) is 0.485. The molecule has 4 rings (SSSR count). The van der Waals surface area contributed by atoms with Crippen LogP contribution < -0.4 is 5.32 Å². The van der Waals surface area contributed by atoms with E-state index < -0.39 is 24.3 Å². The number of carboxylic acids is 2. The van der Waals surface area contributed by atoms with E-state index in [1.807, 2.05) is 18.3 Å². The molecule has 9 nitrogen and oxygen atoms in total. The fourth-order valence-electron chi connectivity index (χ4n) is 4.15. The van der Waals surface area contributed by atoms with Crippen LogP contribution in [0.4, 0.5) is 26.3 Å². The first-order valence-electron chi connectivity index (χ1n) is 11.3. The Labute approximate surface area is 208 Å². The maximum absolute atomic E-state index is 12.4. The molecule has 0 spiro atoms. The molecule has 1 aromatic heterocycles. The van der Waals surface area contributed by atoms with Crippen molar-refractivity contribution in [3.63, 3.8) is 0 Å². The summed E-state index contributed by atoms with van der Waals surface area (Å²) in [6, 6.07) is 6.68. The normalized spacial score (nSPS) is 23.7. The summed E-state index contributed by atoms with van der Waals surface area (Å²) in [6.07, 6.45) is -4.74. The second kappa shape index (κ2) is 12.5. The van der Waals surface area contributed by atoms with E-state index in [1.54, 1.807) is 0 Å². The van der Waals surface area contributed by atoms with Gasteiger partial charge in [0.1, 0.15) is 0 Å². The predicted molar refractivity (Wildman–Crippen MR) is 116 cm³/mol. The number of likely N-dealkylation sites (N-methyl/N-ethyl adjacent to an activating group) is 1. The Balaban J connectivity index is 0.000000286. The minimum absolute atomic E-state index is 0.0701. The van der Waals surface area contributed by atoms with E-state index in [4.69, 9.17) is 19.8 Å². The highest BCUT2D eigenvalue weighted by Crippen LogP contribution is 2.35. The molecule has 0 bridgehead atoms. The first-order valence-corrected chi connectivity index (χ1v) is 11.3. The SMILES string of the molecule is CN1[C@@H](C(=O)NCC2CC2)C[C@H]2CN(Cc3ccccn3)C[C@H]21.O=C(O)C(F)(F)F.O=C(O)C(F)(F)F. The summed E-state index contributed by atoms with van der Waals surface area (Å²) < 4.78 is 63.5. The summed E-state index contributed by atoms with van der Waals surface area (Å²) in [5, 5.41) is 17.4. The molecule has 37 heavy (non-hydrogen) atoms. The van der Waals surface area contributed by atoms with E-state index in [-0.39, 0.29) is 11.9 Å². The van der Waals surface area contributed by atoms with Gasteiger partial charge in [-0.1, -0.05) is 6.07 Å². The van der Waals surface area contributed by atoms with Crippen LogP contribution in [0, 0.1) is 11.8 Å². The summed E-state index contributed by atoms with van der Waals surface area (Å²) in [7, 11) is 2.12. The zero-order valence-electron chi connectivity index (χ0n) is 19.8. The zero-order chi connectivity index (χ0) is 28.0. The summed E-state index contributed by atoms with van der Waals surface area (Å²) in [5.74, 6) is -3.91. The van der Waals surface area contributed by atoms with Crippen LogP contribution in [0.3, 0.4) is 0 Å². The Morgan fingerprint density at radius 3 is 2.03 bits per heavy atom. The van der Waals surface area contributed by atoms with E-state index >= 15 is 0 Å². The number of nitrogens with zero attached hydrogens (tertiary/aromatic N) is 3. The standard InChI is InChI=1S/C18H26N4O.2C2HF3O2/c1-21-16(18(23)20-9-13-5-6-13)8-14-10-22(12-17(14)21)11-15-4-2-3-7-19-15;2*3-2(4,5)1(6)7/h2-4,7,13-14,16-17H,5-6,8-12H2,1H3,(H,20,23);2*(H,6,7)/t14-,16+,17+;;/m0../s1. The minimum atomic E-state index is -5.08. The van der Waals surface area contributed by atoms with Crippen LogP contribution in [-0.2, 0) is 20.9 Å². The third-order valence-corrected chi connectivity index (χ3v) is 6.18. The molecule has 208 valence electrons. The van der Waals surface area contributed by atoms with E-state index in [2.05, 4.69) is 33.2 Å². The van der Waals surface area contributed by atoms with Crippen molar-refractivity contribution in [3.8, 4) is 0 Å². The summed E-state index contributed by atoms with van der Waals surface area (Å²) in [5.41, 5.74) is 1.13. The van der Waals surface area contributed by atoms with E-state index in [0.29, 0.717) is 12.0 Å². The Morgan fingerprint density at radius 1 is 1.03 bits per heavy atom. The fourth-order valence-corrected chi connectivity index (χ4v) is 4.15. The Morgan fingerprint density at radius 2 is 1.59 bits per heavy atom. The molecule has 1 aliphatic carbocycles. The van der Waals surface area contributed by atoms with Crippen LogP contribution in [0.5, 0.6) is 0 Å². The van der Waals surface area contributed by atoms with Crippen molar-refractivity contribution < 1.29 is 50.9 Å². The fraction of sp³-hybridized carbons (Fsp3) is 0.636. The van der Waals surface area contributed by atoms with Gasteiger partial charge in [0, 0.05) is 38.4 Å². The minimum Gasteiger partial charge on any atom is -0.475 e. The van der Waals surface area contributed by atoms with Gasteiger partial charge in [-0.2, -0.15) is 26.3 Å². The van der Waals surface area contributed by atoms with Gasteiger partial charge in [0.2, 0.25) is 5.91 Å². The third kappa shape index (κ3) is 9.80. The third-order valence-electron chi connectivity index (χ3n) is 6.18. The largest absolute Gasteiger partial charge is 0.490 e. The predicted octanol–water partition coefficient (Wildman–Crippen LogP) is 2.38. The van der Waals surface area contributed by atoms with Crippen LogP contribution in [0.25, 0.3) is 0 Å². The van der Waals surface area contributed by atoms with Gasteiger partial charge in [0.05, 0.1) is 11.7 Å². The number of carbonyl (C=O) groups is 3. The highest BCUT2D eigenvalue weighted by molar-refractivity contribution is 5.82. The molecule has 1 aromatic rings. The summed E-state index contributed by atoms with van der Waals surface area (Å²) >= 11 is 0. The van der Waals surface area contributed by atoms with Crippen molar-refractivity contribution in [3.05, 3.63) is 30.1 Å². The number of hydrogen-bond acceptors (Lipinski definition) is 6. The number of alkyl halides is 6. The van der Waals surface area contributed by atoms with Gasteiger partial charge in [0.15, 0.2) is 0 Å². The smallest absolute Gasteiger partial charge is 0.475 e.